The van der Waals surface area contributed by atoms with Crippen LogP contribution in [0, 0.1) is 0 Å². The zero-order valence-corrected chi connectivity index (χ0v) is 21.2. The van der Waals surface area contributed by atoms with Gasteiger partial charge in [-0.05, 0) is 19.4 Å². The number of hydrogen-bond acceptors (Lipinski definition) is 6. The van der Waals surface area contributed by atoms with Crippen molar-refractivity contribution in [2.75, 3.05) is 13.1 Å². The van der Waals surface area contributed by atoms with Crippen molar-refractivity contribution in [1.29, 1.82) is 0 Å². The third kappa shape index (κ3) is 4.57. The molecule has 11 nitrogen and oxygen atoms in total. The zero-order chi connectivity index (χ0) is 23.2. The number of hydrogen-bond donors (Lipinski definition) is 4. The van der Waals surface area contributed by atoms with Gasteiger partial charge in [0.15, 0.2) is 0 Å². The fourth-order valence-corrected chi connectivity index (χ4v) is 5.82. The van der Waals surface area contributed by atoms with Crippen LogP contribution >= 0.6 is 11.8 Å². The molecular formula is C20H23N5NaO6S. The fraction of sp³-hybridized carbons (Fsp3) is 0.450. The van der Waals surface area contributed by atoms with E-state index in [2.05, 4.69) is 16.0 Å². The number of β-lactam (4-membered cyclic amide) rings is 1. The van der Waals surface area contributed by atoms with Gasteiger partial charge in [-0.1, -0.05) is 30.3 Å². The van der Waals surface area contributed by atoms with Gasteiger partial charge >= 0.3 is 18.0 Å². The van der Waals surface area contributed by atoms with Gasteiger partial charge in [0.25, 0.3) is 0 Å². The Balaban J connectivity index is 0.00000306. The van der Waals surface area contributed by atoms with Crippen LogP contribution in [0.2, 0.25) is 0 Å². The van der Waals surface area contributed by atoms with Crippen LogP contribution in [0.5, 0.6) is 0 Å². The topological polar surface area (TPSA) is 148 Å². The Morgan fingerprint density at radius 3 is 2.45 bits per heavy atom. The molecule has 0 spiro atoms. The zero-order valence-electron chi connectivity index (χ0n) is 18.4. The van der Waals surface area contributed by atoms with Crippen LogP contribution in [0.1, 0.15) is 25.5 Å². The molecule has 3 heterocycles. The number of carboxylic acid groups (broad SMARTS) is 1. The number of nitrogens with one attached hydrogen (secondary N) is 3. The number of thioether (sulfide) groups is 1. The number of aliphatic carboxylic acids is 1. The van der Waals surface area contributed by atoms with Gasteiger partial charge in [0.05, 0.1) is 0 Å². The van der Waals surface area contributed by atoms with E-state index in [1.54, 1.807) is 44.2 Å². The van der Waals surface area contributed by atoms with Gasteiger partial charge in [-0.3, -0.25) is 9.59 Å². The van der Waals surface area contributed by atoms with Crippen LogP contribution in [-0.4, -0.2) is 110 Å². The first-order chi connectivity index (χ1) is 15.1. The molecule has 4 atom stereocenters. The maximum atomic E-state index is 13.1. The van der Waals surface area contributed by atoms with E-state index >= 15 is 0 Å². The summed E-state index contributed by atoms with van der Waals surface area (Å²) < 4.78 is -0.720. The average molecular weight is 484 g/mol. The monoisotopic (exact) mass is 484 g/mol. The first kappa shape index (κ1) is 25.3. The van der Waals surface area contributed by atoms with Crippen molar-refractivity contribution < 1.29 is 29.1 Å². The minimum atomic E-state index is -1.14. The van der Waals surface area contributed by atoms with Gasteiger partial charge in [0.2, 0.25) is 11.8 Å². The molecule has 0 bridgehead atoms. The van der Waals surface area contributed by atoms with Crippen molar-refractivity contribution in [3.05, 3.63) is 35.9 Å². The molecule has 0 unspecified atom stereocenters. The maximum Gasteiger partial charge on any atom is 0.327 e. The van der Waals surface area contributed by atoms with Crippen molar-refractivity contribution >= 4 is 71.2 Å². The first-order valence-corrected chi connectivity index (χ1v) is 10.9. The summed E-state index contributed by atoms with van der Waals surface area (Å²) in [6.07, 6.45) is 0. The number of urea groups is 2. The van der Waals surface area contributed by atoms with Gasteiger partial charge in [-0.2, -0.15) is 0 Å². The second-order valence-corrected chi connectivity index (χ2v) is 10.0. The van der Waals surface area contributed by atoms with Crippen molar-refractivity contribution in [2.24, 2.45) is 0 Å². The number of carbonyl (C=O) groups excluding carboxylic acids is 4. The van der Waals surface area contributed by atoms with Crippen LogP contribution in [0.4, 0.5) is 9.59 Å². The van der Waals surface area contributed by atoms with E-state index < -0.39 is 58.1 Å². The number of nitrogens with zero attached hydrogens (tertiary/aromatic N) is 2. The number of rotatable bonds is 5. The SMILES string of the molecule is CC1(C)S[C@H]2[C@H](NC(=O)[C@H](NC(=O)N3CCNC3=O)c3ccccc3)C(=O)N2[C@@H]1C(=O)O.[Na]. The maximum absolute atomic E-state index is 13.1. The van der Waals surface area contributed by atoms with Crippen molar-refractivity contribution in [3.63, 3.8) is 0 Å². The third-order valence-electron chi connectivity index (χ3n) is 5.74. The number of carboxylic acids is 1. The summed E-state index contributed by atoms with van der Waals surface area (Å²) in [5.74, 6) is -2.20. The molecule has 171 valence electrons. The summed E-state index contributed by atoms with van der Waals surface area (Å²) in [7, 11) is 0. The molecule has 13 heteroatoms. The Hall–Kier alpha value is -2.28. The van der Waals surface area contributed by atoms with E-state index in [0.717, 1.165) is 4.90 Å². The molecule has 33 heavy (non-hydrogen) atoms. The van der Waals surface area contributed by atoms with Crippen molar-refractivity contribution in [2.45, 2.75) is 42.1 Å². The molecular weight excluding hydrogens is 461 g/mol. The molecule has 3 fully saturated rings. The Kier molecular flexibility index (Phi) is 7.32. The molecule has 1 aromatic carbocycles. The molecule has 3 aliphatic rings. The van der Waals surface area contributed by atoms with E-state index in [9.17, 15) is 29.1 Å². The molecule has 4 rings (SSSR count). The molecule has 6 amide bonds. The number of imide groups is 1. The molecule has 0 aromatic heterocycles. The van der Waals surface area contributed by atoms with E-state index in [1.165, 1.54) is 16.7 Å². The van der Waals surface area contributed by atoms with Crippen molar-refractivity contribution in [1.82, 2.24) is 25.8 Å². The Labute approximate surface area is 216 Å². The molecule has 0 saturated carbocycles. The van der Waals surface area contributed by atoms with Gasteiger partial charge in [-0.15, -0.1) is 11.8 Å². The van der Waals surface area contributed by atoms with E-state index in [0.29, 0.717) is 12.1 Å². The molecule has 1 radical (unpaired) electrons. The second-order valence-electron chi connectivity index (χ2n) is 8.26. The number of benzene rings is 1. The van der Waals surface area contributed by atoms with Crippen LogP contribution in [0.3, 0.4) is 0 Å². The molecule has 3 saturated heterocycles. The molecule has 1 aromatic rings. The van der Waals surface area contributed by atoms with Gasteiger partial charge in [0.1, 0.15) is 23.5 Å². The quantitative estimate of drug-likeness (QED) is 0.332. The van der Waals surface area contributed by atoms with Crippen molar-refractivity contribution in [3.8, 4) is 0 Å². The van der Waals surface area contributed by atoms with E-state index in [4.69, 9.17) is 0 Å². The predicted molar refractivity (Wildman–Crippen MR) is 119 cm³/mol. The van der Waals surface area contributed by atoms with Crippen LogP contribution < -0.4 is 16.0 Å². The van der Waals surface area contributed by atoms with Crippen LogP contribution in [-0.2, 0) is 14.4 Å². The Morgan fingerprint density at radius 1 is 1.21 bits per heavy atom. The summed E-state index contributed by atoms with van der Waals surface area (Å²) in [5.41, 5.74) is 0.476. The summed E-state index contributed by atoms with van der Waals surface area (Å²) in [6.45, 7) is 3.98. The molecule has 0 aliphatic carbocycles. The number of carbonyl (C=O) groups is 5. The summed E-state index contributed by atoms with van der Waals surface area (Å²) >= 11 is 1.31. The number of amides is 6. The largest absolute Gasteiger partial charge is 0.480 e. The third-order valence-corrected chi connectivity index (χ3v) is 7.31. The smallest absolute Gasteiger partial charge is 0.327 e. The first-order valence-electron chi connectivity index (χ1n) is 10.1. The average Bonchev–Trinajstić information content (AvgIpc) is 3.29. The van der Waals surface area contributed by atoms with E-state index in [-0.39, 0.29) is 36.1 Å². The molecule has 3 aliphatic heterocycles. The summed E-state index contributed by atoms with van der Waals surface area (Å²) in [6, 6.07) is 4.14. The summed E-state index contributed by atoms with van der Waals surface area (Å²) in [4.78, 5) is 64.2. The van der Waals surface area contributed by atoms with Gasteiger partial charge < -0.3 is 26.0 Å². The second kappa shape index (κ2) is 9.53. The standard InChI is InChI=1S/C20H23N5O6S.Na/c1-20(2)13(17(28)29)25-15(27)12(16(25)32-20)22-14(26)11(10-6-4-3-5-7-10)23-19(31)24-9-8-21-18(24)30;/h3-7,11-13,16H,8-9H2,1-2H3,(H,21,30)(H,22,26)(H,23,31)(H,28,29);/t11-,12-,13-,16+;/m1./s1. The van der Waals surface area contributed by atoms with Gasteiger partial charge in [-0.25, -0.2) is 19.3 Å². The molecule has 4 N–H and O–H groups in total. The predicted octanol–water partition coefficient (Wildman–Crippen LogP) is -0.287. The fourth-order valence-electron chi connectivity index (χ4n) is 4.19. The Morgan fingerprint density at radius 2 is 1.88 bits per heavy atom. The minimum absolute atomic E-state index is 0. The number of fused-ring (bicyclic) bond motifs is 1. The van der Waals surface area contributed by atoms with E-state index in [1.807, 2.05) is 0 Å². The Bertz CT molecular complexity index is 992. The summed E-state index contributed by atoms with van der Waals surface area (Å²) in [5, 5.41) is 16.8. The minimum Gasteiger partial charge on any atom is -0.480 e. The van der Waals surface area contributed by atoms with Gasteiger partial charge in [0, 0.05) is 47.4 Å². The van der Waals surface area contributed by atoms with Crippen LogP contribution in [0.25, 0.3) is 0 Å². The normalized spacial score (nSPS) is 25.8. The van der Waals surface area contributed by atoms with Crippen LogP contribution in [0.15, 0.2) is 30.3 Å².